The highest BCUT2D eigenvalue weighted by molar-refractivity contribution is 6.34. The number of Topliss-reactive ketones (excluding diaryl/α,β-unsaturated/α-hetero) is 1. The Morgan fingerprint density at radius 1 is 1.50 bits per heavy atom. The first-order valence-corrected chi connectivity index (χ1v) is 4.46. The standard InChI is InChI=1S/C11H8ClFO/c1-2-11(14)10(12)7-8-3-5-9(13)6-4-8/h1,3-6,10H,7H2. The van der Waals surface area contributed by atoms with Crippen LogP contribution < -0.4 is 0 Å². The third-order valence-electron chi connectivity index (χ3n) is 1.75. The van der Waals surface area contributed by atoms with Crippen LogP contribution in [-0.4, -0.2) is 11.2 Å². The minimum atomic E-state index is -0.731. The third-order valence-corrected chi connectivity index (χ3v) is 2.11. The molecule has 0 bridgehead atoms. The van der Waals surface area contributed by atoms with Gasteiger partial charge in [0.15, 0.2) is 0 Å². The summed E-state index contributed by atoms with van der Waals surface area (Å²) in [6.07, 6.45) is 5.23. The summed E-state index contributed by atoms with van der Waals surface area (Å²) < 4.78 is 12.5. The lowest BCUT2D eigenvalue weighted by Gasteiger charge is -2.04. The van der Waals surface area contributed by atoms with Crippen molar-refractivity contribution >= 4 is 17.4 Å². The van der Waals surface area contributed by atoms with Gasteiger partial charge in [0.1, 0.15) is 11.2 Å². The van der Waals surface area contributed by atoms with Gasteiger partial charge in [-0.2, -0.15) is 0 Å². The molecular formula is C11H8ClFO. The first-order valence-electron chi connectivity index (χ1n) is 4.02. The van der Waals surface area contributed by atoms with Gasteiger partial charge >= 0.3 is 0 Å². The molecule has 0 spiro atoms. The summed E-state index contributed by atoms with van der Waals surface area (Å²) >= 11 is 5.72. The Morgan fingerprint density at radius 2 is 2.07 bits per heavy atom. The molecule has 0 radical (unpaired) electrons. The summed E-state index contributed by atoms with van der Waals surface area (Å²) in [5.41, 5.74) is 0.787. The first kappa shape index (κ1) is 10.7. The molecule has 1 aromatic rings. The molecular weight excluding hydrogens is 203 g/mol. The molecule has 0 fully saturated rings. The quantitative estimate of drug-likeness (QED) is 0.425. The maximum absolute atomic E-state index is 12.5. The molecule has 3 heteroatoms. The number of hydrogen-bond acceptors (Lipinski definition) is 1. The van der Waals surface area contributed by atoms with Gasteiger partial charge < -0.3 is 0 Å². The molecule has 1 nitrogen and oxygen atoms in total. The van der Waals surface area contributed by atoms with Crippen LogP contribution in [0.5, 0.6) is 0 Å². The van der Waals surface area contributed by atoms with Crippen LogP contribution in [0, 0.1) is 18.2 Å². The maximum Gasteiger partial charge on any atom is 0.223 e. The summed E-state index contributed by atoms with van der Waals surface area (Å²) in [5.74, 6) is 1.19. The normalized spacial score (nSPS) is 11.8. The molecule has 0 N–H and O–H groups in total. The number of rotatable bonds is 3. The van der Waals surface area contributed by atoms with Gasteiger partial charge in [0.2, 0.25) is 5.78 Å². The van der Waals surface area contributed by atoms with Gasteiger partial charge in [-0.15, -0.1) is 18.0 Å². The van der Waals surface area contributed by atoms with Crippen molar-refractivity contribution in [2.24, 2.45) is 0 Å². The molecule has 1 atom stereocenters. The van der Waals surface area contributed by atoms with Crippen LogP contribution >= 0.6 is 11.6 Å². The van der Waals surface area contributed by atoms with Crippen molar-refractivity contribution in [3.63, 3.8) is 0 Å². The highest BCUT2D eigenvalue weighted by Gasteiger charge is 2.13. The number of carbonyl (C=O) groups excluding carboxylic acids is 1. The Bertz CT molecular complexity index is 364. The summed E-state index contributed by atoms with van der Waals surface area (Å²) in [7, 11) is 0. The number of halogens is 2. The molecule has 72 valence electrons. The summed E-state index contributed by atoms with van der Waals surface area (Å²) in [6, 6.07) is 5.79. The molecule has 0 aliphatic carbocycles. The molecule has 14 heavy (non-hydrogen) atoms. The summed E-state index contributed by atoms with van der Waals surface area (Å²) in [4.78, 5) is 10.9. The minimum Gasteiger partial charge on any atom is -0.283 e. The van der Waals surface area contributed by atoms with E-state index in [0.29, 0.717) is 6.42 Å². The smallest absolute Gasteiger partial charge is 0.223 e. The van der Waals surface area contributed by atoms with Crippen molar-refractivity contribution in [1.29, 1.82) is 0 Å². The van der Waals surface area contributed by atoms with E-state index in [4.69, 9.17) is 18.0 Å². The van der Waals surface area contributed by atoms with E-state index in [-0.39, 0.29) is 5.82 Å². The fourth-order valence-electron chi connectivity index (χ4n) is 1.01. The van der Waals surface area contributed by atoms with Crippen LogP contribution in [0.1, 0.15) is 5.56 Å². The molecule has 1 unspecified atom stereocenters. The highest BCUT2D eigenvalue weighted by Crippen LogP contribution is 2.10. The minimum absolute atomic E-state index is 0.317. The SMILES string of the molecule is C#CC(=O)C(Cl)Cc1ccc(F)cc1. The molecule has 0 heterocycles. The lowest BCUT2D eigenvalue weighted by molar-refractivity contribution is -0.113. The Hall–Kier alpha value is -1.33. The van der Waals surface area contributed by atoms with Crippen LogP contribution in [0.3, 0.4) is 0 Å². The van der Waals surface area contributed by atoms with E-state index in [1.165, 1.54) is 12.1 Å². The van der Waals surface area contributed by atoms with Crippen molar-refractivity contribution in [2.75, 3.05) is 0 Å². The zero-order chi connectivity index (χ0) is 10.6. The number of ketones is 1. The van der Waals surface area contributed by atoms with Crippen molar-refractivity contribution in [3.05, 3.63) is 35.6 Å². The molecule has 0 saturated carbocycles. The van der Waals surface area contributed by atoms with Crippen molar-refractivity contribution < 1.29 is 9.18 Å². The van der Waals surface area contributed by atoms with Gasteiger partial charge in [0.05, 0.1) is 0 Å². The third kappa shape index (κ3) is 2.86. The van der Waals surface area contributed by atoms with E-state index in [1.54, 1.807) is 12.1 Å². The fourth-order valence-corrected chi connectivity index (χ4v) is 1.25. The van der Waals surface area contributed by atoms with E-state index in [1.807, 2.05) is 5.92 Å². The van der Waals surface area contributed by atoms with E-state index >= 15 is 0 Å². The van der Waals surface area contributed by atoms with Crippen LogP contribution in [0.15, 0.2) is 24.3 Å². The predicted molar refractivity (Wildman–Crippen MR) is 53.6 cm³/mol. The van der Waals surface area contributed by atoms with Gasteiger partial charge in [0.25, 0.3) is 0 Å². The zero-order valence-corrected chi connectivity index (χ0v) is 8.09. The molecule has 0 aromatic heterocycles. The number of hydrogen-bond donors (Lipinski definition) is 0. The Labute approximate surface area is 86.9 Å². The number of carbonyl (C=O) groups is 1. The van der Waals surface area contributed by atoms with E-state index < -0.39 is 11.2 Å². The fraction of sp³-hybridized carbons (Fsp3) is 0.182. The molecule has 0 aliphatic rings. The van der Waals surface area contributed by atoms with Crippen LogP contribution in [0.25, 0.3) is 0 Å². The average Bonchev–Trinajstić information content (AvgIpc) is 2.20. The maximum atomic E-state index is 12.5. The largest absolute Gasteiger partial charge is 0.283 e. The second kappa shape index (κ2) is 4.78. The Balaban J connectivity index is 2.66. The van der Waals surface area contributed by atoms with Crippen LogP contribution in [0.2, 0.25) is 0 Å². The van der Waals surface area contributed by atoms with Gasteiger partial charge in [-0.3, -0.25) is 4.79 Å². The van der Waals surface area contributed by atoms with Gasteiger partial charge in [-0.05, 0) is 30.0 Å². The lowest BCUT2D eigenvalue weighted by Crippen LogP contribution is -2.14. The van der Waals surface area contributed by atoms with E-state index in [0.717, 1.165) is 5.56 Å². The Morgan fingerprint density at radius 3 is 2.57 bits per heavy atom. The zero-order valence-electron chi connectivity index (χ0n) is 7.34. The molecule has 0 aliphatic heterocycles. The van der Waals surface area contributed by atoms with Crippen molar-refractivity contribution in [2.45, 2.75) is 11.8 Å². The lowest BCUT2D eigenvalue weighted by atomic mass is 10.1. The topological polar surface area (TPSA) is 17.1 Å². The molecule has 1 aromatic carbocycles. The Kier molecular flexibility index (Phi) is 3.67. The monoisotopic (exact) mass is 210 g/mol. The number of benzene rings is 1. The molecule has 1 rings (SSSR count). The van der Waals surface area contributed by atoms with E-state index in [9.17, 15) is 9.18 Å². The number of alkyl halides is 1. The highest BCUT2D eigenvalue weighted by atomic mass is 35.5. The summed E-state index contributed by atoms with van der Waals surface area (Å²) in [6.45, 7) is 0. The second-order valence-electron chi connectivity index (χ2n) is 2.81. The second-order valence-corrected chi connectivity index (χ2v) is 3.33. The molecule has 0 amide bonds. The average molecular weight is 211 g/mol. The van der Waals surface area contributed by atoms with Gasteiger partial charge in [-0.25, -0.2) is 4.39 Å². The summed E-state index contributed by atoms with van der Waals surface area (Å²) in [5, 5.41) is -0.731. The van der Waals surface area contributed by atoms with Crippen molar-refractivity contribution in [1.82, 2.24) is 0 Å². The van der Waals surface area contributed by atoms with Crippen molar-refractivity contribution in [3.8, 4) is 12.3 Å². The van der Waals surface area contributed by atoms with Crippen LogP contribution in [-0.2, 0) is 11.2 Å². The van der Waals surface area contributed by atoms with Gasteiger partial charge in [-0.1, -0.05) is 12.1 Å². The molecule has 0 saturated heterocycles. The van der Waals surface area contributed by atoms with E-state index in [2.05, 4.69) is 0 Å². The first-order chi connectivity index (χ1) is 6.63. The number of terminal acetylenes is 1. The van der Waals surface area contributed by atoms with Crippen LogP contribution in [0.4, 0.5) is 4.39 Å². The van der Waals surface area contributed by atoms with Gasteiger partial charge in [0, 0.05) is 0 Å². The predicted octanol–water partition coefficient (Wildman–Crippen LogP) is 2.18.